The maximum atomic E-state index is 10.9. The summed E-state index contributed by atoms with van der Waals surface area (Å²) in [5, 5.41) is 0. The highest BCUT2D eigenvalue weighted by Gasteiger charge is 2.47. The molecule has 0 N–H and O–H groups in total. The Labute approximate surface area is 190 Å². The number of nitrogens with zero attached hydrogens (tertiary/aromatic N) is 3. The molecule has 0 aromatic carbocycles. The monoisotopic (exact) mass is 451 g/mol. The standard InChI is InChI=1S/2C8H13NO2.C7H11NO2/c2*1-7(10)9-4-2-8(3-5-9)6-11-8;1-6(9)8-4-2-7(10)3-5-8/h2*2-6H2,1H3;2-5H2,1H3. The van der Waals surface area contributed by atoms with Crippen LogP contribution in [0, 0.1) is 0 Å². The number of ether oxygens (including phenoxy) is 2. The smallest absolute Gasteiger partial charge is 0.219 e. The Hall–Kier alpha value is -2.00. The fourth-order valence-electron chi connectivity index (χ4n) is 4.31. The van der Waals surface area contributed by atoms with Crippen LogP contribution in [0.5, 0.6) is 0 Å². The topological polar surface area (TPSA) is 103 Å². The van der Waals surface area contributed by atoms with Crippen molar-refractivity contribution in [2.75, 3.05) is 52.5 Å². The van der Waals surface area contributed by atoms with Gasteiger partial charge in [0, 0.05) is 72.9 Å². The molecule has 180 valence electrons. The number of piperidine rings is 3. The number of carbonyl (C=O) groups excluding carboxylic acids is 4. The van der Waals surface area contributed by atoms with Crippen molar-refractivity contribution in [1.29, 1.82) is 0 Å². The predicted octanol–water partition coefficient (Wildman–Crippen LogP) is 0.993. The van der Waals surface area contributed by atoms with Crippen molar-refractivity contribution < 1.29 is 28.7 Å². The lowest BCUT2D eigenvalue weighted by Crippen LogP contribution is -2.40. The molecule has 0 radical (unpaired) electrons. The fourth-order valence-corrected chi connectivity index (χ4v) is 4.31. The number of hydrogen-bond donors (Lipinski definition) is 0. The van der Waals surface area contributed by atoms with Crippen molar-refractivity contribution in [1.82, 2.24) is 14.7 Å². The molecule has 5 saturated heterocycles. The summed E-state index contributed by atoms with van der Waals surface area (Å²) in [4.78, 5) is 48.7. The molecular weight excluding hydrogens is 414 g/mol. The summed E-state index contributed by atoms with van der Waals surface area (Å²) < 4.78 is 10.7. The van der Waals surface area contributed by atoms with E-state index in [2.05, 4.69) is 0 Å². The van der Waals surface area contributed by atoms with Crippen LogP contribution in [0.2, 0.25) is 0 Å². The van der Waals surface area contributed by atoms with Crippen molar-refractivity contribution >= 4 is 23.5 Å². The quantitative estimate of drug-likeness (QED) is 0.509. The zero-order valence-corrected chi connectivity index (χ0v) is 19.7. The Bertz CT molecular complexity index is 659. The third-order valence-corrected chi connectivity index (χ3v) is 7.11. The summed E-state index contributed by atoms with van der Waals surface area (Å²) in [5.41, 5.74) is 0.401. The first-order valence-electron chi connectivity index (χ1n) is 11.7. The van der Waals surface area contributed by atoms with Crippen LogP contribution in [-0.2, 0) is 28.7 Å². The van der Waals surface area contributed by atoms with E-state index in [0.717, 1.165) is 65.1 Å². The number of Topliss-reactive ketones (excluding diaryl/α,β-unsaturated/α-hetero) is 1. The van der Waals surface area contributed by atoms with Crippen molar-refractivity contribution in [3.8, 4) is 0 Å². The SMILES string of the molecule is CC(=O)N1CCC(=O)CC1.CC(=O)N1CCC2(CC1)CO2.CC(=O)N1CCC2(CC1)CO2. The molecule has 0 saturated carbocycles. The van der Waals surface area contributed by atoms with Gasteiger partial charge in [0.1, 0.15) is 5.78 Å². The second-order valence-corrected chi connectivity index (χ2v) is 9.50. The van der Waals surface area contributed by atoms with E-state index in [0.29, 0.717) is 25.9 Å². The Morgan fingerprint density at radius 2 is 0.906 bits per heavy atom. The Morgan fingerprint density at radius 1 is 0.625 bits per heavy atom. The van der Waals surface area contributed by atoms with Crippen LogP contribution in [0.4, 0.5) is 0 Å². The molecule has 0 unspecified atom stereocenters. The molecule has 5 fully saturated rings. The molecule has 5 rings (SSSR count). The number of hydrogen-bond acceptors (Lipinski definition) is 6. The average molecular weight is 452 g/mol. The number of ketones is 1. The Kier molecular flexibility index (Phi) is 7.92. The van der Waals surface area contributed by atoms with Gasteiger partial charge in [0.25, 0.3) is 0 Å². The third-order valence-electron chi connectivity index (χ3n) is 7.11. The van der Waals surface area contributed by atoms with E-state index >= 15 is 0 Å². The molecule has 0 aromatic rings. The second-order valence-electron chi connectivity index (χ2n) is 9.50. The average Bonchev–Trinajstić information content (AvgIpc) is 3.69. The van der Waals surface area contributed by atoms with E-state index in [9.17, 15) is 19.2 Å². The van der Waals surface area contributed by atoms with Gasteiger partial charge in [-0.15, -0.1) is 0 Å². The number of amides is 3. The van der Waals surface area contributed by atoms with Gasteiger partial charge in [-0.1, -0.05) is 0 Å². The molecule has 5 aliphatic heterocycles. The highest BCUT2D eigenvalue weighted by atomic mass is 16.6. The summed E-state index contributed by atoms with van der Waals surface area (Å²) in [5.74, 6) is 0.742. The van der Waals surface area contributed by atoms with Crippen LogP contribution in [-0.4, -0.2) is 102 Å². The molecule has 9 heteroatoms. The molecule has 9 nitrogen and oxygen atoms in total. The molecule has 2 spiro atoms. The van der Waals surface area contributed by atoms with Gasteiger partial charge < -0.3 is 24.2 Å². The Balaban J connectivity index is 0.000000136. The summed E-state index contributed by atoms with van der Waals surface area (Å²) in [6, 6.07) is 0. The van der Waals surface area contributed by atoms with Gasteiger partial charge in [-0.05, 0) is 25.7 Å². The zero-order chi connectivity index (χ0) is 23.4. The van der Waals surface area contributed by atoms with Gasteiger partial charge in [-0.2, -0.15) is 0 Å². The van der Waals surface area contributed by atoms with Crippen molar-refractivity contribution in [2.45, 2.75) is 70.5 Å². The second kappa shape index (κ2) is 10.3. The number of rotatable bonds is 0. The third kappa shape index (κ3) is 7.00. The van der Waals surface area contributed by atoms with Crippen LogP contribution >= 0.6 is 0 Å². The van der Waals surface area contributed by atoms with Crippen LogP contribution in [0.1, 0.15) is 59.3 Å². The lowest BCUT2D eigenvalue weighted by molar-refractivity contribution is -0.133. The highest BCUT2D eigenvalue weighted by molar-refractivity contribution is 5.82. The first kappa shape index (κ1) is 24.6. The van der Waals surface area contributed by atoms with E-state index < -0.39 is 0 Å². The van der Waals surface area contributed by atoms with Crippen LogP contribution < -0.4 is 0 Å². The van der Waals surface area contributed by atoms with Crippen molar-refractivity contribution in [2.24, 2.45) is 0 Å². The molecule has 0 aromatic heterocycles. The largest absolute Gasteiger partial charge is 0.369 e. The molecule has 5 heterocycles. The van der Waals surface area contributed by atoms with E-state index in [-0.39, 0.29) is 34.7 Å². The van der Waals surface area contributed by atoms with Gasteiger partial charge in [0.15, 0.2) is 0 Å². The number of likely N-dealkylation sites (tertiary alicyclic amines) is 3. The van der Waals surface area contributed by atoms with E-state index in [1.807, 2.05) is 9.80 Å². The molecule has 32 heavy (non-hydrogen) atoms. The highest BCUT2D eigenvalue weighted by Crippen LogP contribution is 2.38. The zero-order valence-electron chi connectivity index (χ0n) is 19.7. The van der Waals surface area contributed by atoms with Crippen LogP contribution in [0.3, 0.4) is 0 Å². The van der Waals surface area contributed by atoms with Gasteiger partial charge in [-0.25, -0.2) is 0 Å². The van der Waals surface area contributed by atoms with Gasteiger partial charge >= 0.3 is 0 Å². The van der Waals surface area contributed by atoms with E-state index in [4.69, 9.17) is 9.47 Å². The minimum absolute atomic E-state index is 0.0764. The maximum absolute atomic E-state index is 10.9. The van der Waals surface area contributed by atoms with Gasteiger partial charge in [0.2, 0.25) is 17.7 Å². The molecule has 3 amide bonds. The van der Waals surface area contributed by atoms with Crippen molar-refractivity contribution in [3.05, 3.63) is 0 Å². The first-order valence-corrected chi connectivity index (χ1v) is 11.7. The number of carbonyl (C=O) groups is 4. The van der Waals surface area contributed by atoms with Crippen molar-refractivity contribution in [3.63, 3.8) is 0 Å². The summed E-state index contributed by atoms with van der Waals surface area (Å²) in [6.45, 7) is 11.4. The molecule has 0 atom stereocenters. The first-order chi connectivity index (χ1) is 15.1. The predicted molar refractivity (Wildman–Crippen MR) is 117 cm³/mol. The molecule has 5 aliphatic rings. The summed E-state index contributed by atoms with van der Waals surface area (Å²) in [6.07, 6.45) is 5.22. The molecule has 0 bridgehead atoms. The fraction of sp³-hybridized carbons (Fsp3) is 0.826. The molecule has 0 aliphatic carbocycles. The maximum Gasteiger partial charge on any atom is 0.219 e. The van der Waals surface area contributed by atoms with E-state index in [1.54, 1.807) is 18.7 Å². The minimum atomic E-state index is 0.0764. The lowest BCUT2D eigenvalue weighted by Gasteiger charge is -2.29. The van der Waals surface area contributed by atoms with Crippen LogP contribution in [0.25, 0.3) is 0 Å². The summed E-state index contributed by atoms with van der Waals surface area (Å²) >= 11 is 0. The number of epoxide rings is 2. The van der Waals surface area contributed by atoms with E-state index in [1.165, 1.54) is 6.92 Å². The van der Waals surface area contributed by atoms with Gasteiger partial charge in [0.05, 0.1) is 24.4 Å². The Morgan fingerprint density at radius 3 is 1.16 bits per heavy atom. The molecular formula is C23H37N3O6. The lowest BCUT2D eigenvalue weighted by atomic mass is 9.98. The minimum Gasteiger partial charge on any atom is -0.369 e. The normalized spacial score (nSPS) is 24.7. The summed E-state index contributed by atoms with van der Waals surface area (Å²) in [7, 11) is 0. The van der Waals surface area contributed by atoms with Crippen LogP contribution in [0.15, 0.2) is 0 Å². The van der Waals surface area contributed by atoms with Gasteiger partial charge in [-0.3, -0.25) is 19.2 Å².